The van der Waals surface area contributed by atoms with Crippen LogP contribution in [-0.4, -0.2) is 30.4 Å². The van der Waals surface area contributed by atoms with Crippen molar-refractivity contribution in [3.8, 4) is 5.75 Å². The molecule has 13 heteroatoms. The number of non-ortho nitro benzene ring substituents is 1. The molecule has 0 fully saturated rings. The zero-order valence-electron chi connectivity index (χ0n) is 15.4. The Morgan fingerprint density at radius 1 is 1.20 bits per heavy atom. The number of azide groups is 1. The van der Waals surface area contributed by atoms with Gasteiger partial charge in [0.15, 0.2) is 0 Å². The lowest BCUT2D eigenvalue weighted by Gasteiger charge is -2.12. The number of carbonyl (C=O) groups is 1. The maximum absolute atomic E-state index is 12.1. The Morgan fingerprint density at radius 3 is 2.50 bits per heavy atom. The molecule has 2 aromatic rings. The van der Waals surface area contributed by atoms with Crippen molar-refractivity contribution in [1.29, 1.82) is 0 Å². The number of hydrogen-bond donors (Lipinski definition) is 1. The lowest BCUT2D eigenvalue weighted by atomic mass is 10.0. The van der Waals surface area contributed by atoms with E-state index in [2.05, 4.69) is 14.2 Å². The minimum Gasteiger partial charge on any atom is -0.461 e. The molecule has 0 bridgehead atoms. The maximum atomic E-state index is 12.1. The summed E-state index contributed by atoms with van der Waals surface area (Å²) >= 11 is 0. The molecule has 0 aliphatic rings. The van der Waals surface area contributed by atoms with Gasteiger partial charge in [-0.1, -0.05) is 23.3 Å². The van der Waals surface area contributed by atoms with E-state index in [1.807, 2.05) is 0 Å². The van der Waals surface area contributed by atoms with Crippen molar-refractivity contribution in [2.24, 2.45) is 5.11 Å². The minimum atomic E-state index is -4.71. The average Bonchev–Trinajstić information content (AvgIpc) is 2.66. The van der Waals surface area contributed by atoms with Crippen LogP contribution in [0, 0.1) is 10.1 Å². The van der Waals surface area contributed by atoms with Gasteiger partial charge in [-0.25, -0.2) is 0 Å². The van der Waals surface area contributed by atoms with E-state index in [1.54, 1.807) is 0 Å². The first-order valence-electron chi connectivity index (χ1n) is 8.36. The maximum Gasteiger partial charge on any atom is 0.446 e. The van der Waals surface area contributed by atoms with Gasteiger partial charge in [0.25, 0.3) is 5.69 Å². The van der Waals surface area contributed by atoms with Crippen LogP contribution in [0.4, 0.5) is 5.69 Å². The van der Waals surface area contributed by atoms with Gasteiger partial charge < -0.3 is 8.92 Å². The van der Waals surface area contributed by atoms with Gasteiger partial charge in [-0.05, 0) is 40.8 Å². The Morgan fingerprint density at radius 2 is 1.90 bits per heavy atom. The molecule has 12 nitrogen and oxygen atoms in total. The monoisotopic (exact) mass is 436 g/mol. The van der Waals surface area contributed by atoms with E-state index in [0.717, 1.165) is 0 Å². The second kappa shape index (κ2) is 10.2. The number of nitrogens with zero attached hydrogens (tertiary/aromatic N) is 4. The minimum absolute atomic E-state index is 0.0650. The van der Waals surface area contributed by atoms with Crippen molar-refractivity contribution in [3.63, 3.8) is 0 Å². The molecule has 30 heavy (non-hydrogen) atoms. The first-order chi connectivity index (χ1) is 14.2. The van der Waals surface area contributed by atoms with Crippen molar-refractivity contribution < 1.29 is 31.6 Å². The van der Waals surface area contributed by atoms with Crippen molar-refractivity contribution in [2.75, 3.05) is 6.54 Å². The molecule has 0 aliphatic carbocycles. The van der Waals surface area contributed by atoms with Crippen LogP contribution in [0.5, 0.6) is 5.75 Å². The molecule has 0 aliphatic heterocycles. The highest BCUT2D eigenvalue weighted by Crippen LogP contribution is 2.21. The summed E-state index contributed by atoms with van der Waals surface area (Å²) < 4.78 is 40.1. The van der Waals surface area contributed by atoms with E-state index in [9.17, 15) is 23.3 Å². The smallest absolute Gasteiger partial charge is 0.446 e. The lowest BCUT2D eigenvalue weighted by Crippen LogP contribution is -2.10. The number of nitro benzene ring substituents is 1. The third kappa shape index (κ3) is 7.39. The summed E-state index contributed by atoms with van der Waals surface area (Å²) in [5.41, 5.74) is 9.85. The highest BCUT2D eigenvalue weighted by atomic mass is 32.3. The van der Waals surface area contributed by atoms with Crippen molar-refractivity contribution in [3.05, 3.63) is 79.7 Å². The molecule has 0 aromatic heterocycles. The summed E-state index contributed by atoms with van der Waals surface area (Å²) in [5.74, 6) is -0.738. The third-order valence-corrected chi connectivity index (χ3v) is 4.21. The van der Waals surface area contributed by atoms with Gasteiger partial charge in [-0.2, -0.15) is 8.42 Å². The fraction of sp³-hybridized carbons (Fsp3) is 0.235. The largest absolute Gasteiger partial charge is 0.461 e. The van der Waals surface area contributed by atoms with Crippen molar-refractivity contribution in [1.82, 2.24) is 0 Å². The van der Waals surface area contributed by atoms with Gasteiger partial charge in [-0.3, -0.25) is 19.5 Å². The van der Waals surface area contributed by atoms with Crippen LogP contribution in [-0.2, 0) is 39.4 Å². The lowest BCUT2D eigenvalue weighted by molar-refractivity contribution is -0.384. The van der Waals surface area contributed by atoms with Gasteiger partial charge in [0.05, 0.1) is 11.3 Å². The molecule has 0 amide bonds. The number of ether oxygens (including phenoxy) is 1. The van der Waals surface area contributed by atoms with E-state index in [4.69, 9.17) is 14.8 Å². The number of benzene rings is 2. The first-order valence-corrected chi connectivity index (χ1v) is 9.73. The standard InChI is InChI=1S/C17H16N4O8S/c18-20-19-8-7-13-10-16(29-30(25,26)27)6-3-14(13)11-28-17(22)9-12-1-4-15(5-2-12)21(23)24/h1-6,10H,7-9,11H2,(H,25,26,27). The zero-order chi connectivity index (χ0) is 22.1. The molecule has 1 N–H and O–H groups in total. The molecule has 0 saturated heterocycles. The second-order valence-corrected chi connectivity index (χ2v) is 6.93. The topological polar surface area (TPSA) is 182 Å². The van der Waals surface area contributed by atoms with Crippen LogP contribution >= 0.6 is 0 Å². The third-order valence-electron chi connectivity index (χ3n) is 3.81. The molecule has 0 unspecified atom stereocenters. The quantitative estimate of drug-likeness (QED) is 0.112. The van der Waals surface area contributed by atoms with Crippen LogP contribution in [0.15, 0.2) is 47.6 Å². The molecule has 158 valence electrons. The predicted molar refractivity (Wildman–Crippen MR) is 103 cm³/mol. The summed E-state index contributed by atoms with van der Waals surface area (Å²) in [6.45, 7) is -0.0842. The summed E-state index contributed by atoms with van der Waals surface area (Å²) in [4.78, 5) is 24.8. The van der Waals surface area contributed by atoms with Gasteiger partial charge in [0, 0.05) is 23.6 Å². The molecule has 0 saturated carbocycles. The molecule has 0 heterocycles. The number of rotatable bonds is 10. The summed E-state index contributed by atoms with van der Waals surface area (Å²) in [6, 6.07) is 9.50. The van der Waals surface area contributed by atoms with Gasteiger partial charge in [0.2, 0.25) is 0 Å². The SMILES string of the molecule is [N-]=[N+]=NCCc1cc(OS(=O)(=O)O)ccc1COC(=O)Cc1ccc([N+](=O)[O-])cc1. The first kappa shape index (κ1) is 22.6. The highest BCUT2D eigenvalue weighted by Gasteiger charge is 2.13. The highest BCUT2D eigenvalue weighted by molar-refractivity contribution is 7.81. The van der Waals surface area contributed by atoms with Crippen LogP contribution < -0.4 is 4.18 Å². The van der Waals surface area contributed by atoms with Crippen LogP contribution in [0.1, 0.15) is 16.7 Å². The van der Waals surface area contributed by atoms with Crippen molar-refractivity contribution >= 4 is 22.1 Å². The molecule has 0 atom stereocenters. The summed E-state index contributed by atoms with van der Waals surface area (Å²) in [7, 11) is -4.71. The summed E-state index contributed by atoms with van der Waals surface area (Å²) in [6.07, 6.45) is 0.109. The molecule has 2 rings (SSSR count). The Labute approximate surface area is 170 Å². The van der Waals surface area contributed by atoms with Crippen LogP contribution in [0.3, 0.4) is 0 Å². The molecule has 0 radical (unpaired) electrons. The van der Waals surface area contributed by atoms with Gasteiger partial charge in [-0.15, -0.1) is 0 Å². The Hall–Kier alpha value is -3.67. The van der Waals surface area contributed by atoms with E-state index < -0.39 is 21.3 Å². The fourth-order valence-electron chi connectivity index (χ4n) is 2.48. The number of hydrogen-bond acceptors (Lipinski definition) is 8. The normalized spacial score (nSPS) is 10.7. The molecule has 0 spiro atoms. The Kier molecular flexibility index (Phi) is 7.69. The van der Waals surface area contributed by atoms with E-state index in [-0.39, 0.29) is 37.4 Å². The average molecular weight is 436 g/mol. The zero-order valence-corrected chi connectivity index (χ0v) is 16.2. The van der Waals surface area contributed by atoms with Gasteiger partial charge >= 0.3 is 16.4 Å². The molecular formula is C17H16N4O8S. The van der Waals surface area contributed by atoms with Gasteiger partial charge in [0.1, 0.15) is 12.4 Å². The number of carbonyl (C=O) groups excluding carboxylic acids is 1. The number of esters is 1. The van der Waals surface area contributed by atoms with E-state index in [1.165, 1.54) is 42.5 Å². The summed E-state index contributed by atoms with van der Waals surface area (Å²) in [5, 5.41) is 14.1. The van der Waals surface area contributed by atoms with Crippen molar-refractivity contribution in [2.45, 2.75) is 19.4 Å². The molecular weight excluding hydrogens is 420 g/mol. The van der Waals surface area contributed by atoms with Crippen LogP contribution in [0.2, 0.25) is 0 Å². The fourth-order valence-corrected chi connectivity index (χ4v) is 2.82. The van der Waals surface area contributed by atoms with E-state index in [0.29, 0.717) is 16.7 Å². The predicted octanol–water partition coefficient (Wildman–Crippen LogP) is 2.92. The second-order valence-electron chi connectivity index (χ2n) is 5.91. The number of nitro groups is 1. The Bertz CT molecular complexity index is 1080. The van der Waals surface area contributed by atoms with Crippen LogP contribution in [0.25, 0.3) is 10.4 Å². The molecule has 2 aromatic carbocycles. The Balaban J connectivity index is 2.06. The van der Waals surface area contributed by atoms with E-state index >= 15 is 0 Å².